The molecule has 0 aliphatic rings. The van der Waals surface area contributed by atoms with Crippen LogP contribution in [0, 0.1) is 5.92 Å². The maximum atomic E-state index is 5.79. The van der Waals surface area contributed by atoms with Crippen molar-refractivity contribution in [1.82, 2.24) is 10.3 Å². The molecule has 1 atom stereocenters. The first-order valence-electron chi connectivity index (χ1n) is 5.61. The van der Waals surface area contributed by atoms with Crippen LogP contribution in [0.25, 0.3) is 0 Å². The SMILES string of the molecule is CCNC(CSc1ccc(Cl)cn1)C(C)C. The number of halogens is 1. The highest BCUT2D eigenvalue weighted by atomic mass is 35.5. The molecule has 1 aromatic rings. The third-order valence-corrected chi connectivity index (χ3v) is 3.67. The Kier molecular flexibility index (Phi) is 6.17. The molecular formula is C12H19ClN2S. The van der Waals surface area contributed by atoms with Gasteiger partial charge in [-0.3, -0.25) is 0 Å². The second-order valence-electron chi connectivity index (χ2n) is 4.03. The van der Waals surface area contributed by atoms with Crippen molar-refractivity contribution >= 4 is 23.4 Å². The minimum Gasteiger partial charge on any atom is -0.313 e. The van der Waals surface area contributed by atoms with Crippen LogP contribution in [0.3, 0.4) is 0 Å². The lowest BCUT2D eigenvalue weighted by Crippen LogP contribution is -2.35. The van der Waals surface area contributed by atoms with Crippen molar-refractivity contribution in [3.05, 3.63) is 23.4 Å². The third-order valence-electron chi connectivity index (χ3n) is 2.38. The predicted molar refractivity (Wildman–Crippen MR) is 72.3 cm³/mol. The fourth-order valence-electron chi connectivity index (χ4n) is 1.37. The molecule has 0 bridgehead atoms. The maximum absolute atomic E-state index is 5.79. The summed E-state index contributed by atoms with van der Waals surface area (Å²) in [4.78, 5) is 4.27. The molecule has 0 amide bonds. The van der Waals surface area contributed by atoms with Gasteiger partial charge in [-0.1, -0.05) is 32.4 Å². The van der Waals surface area contributed by atoms with E-state index in [1.807, 2.05) is 12.1 Å². The smallest absolute Gasteiger partial charge is 0.0961 e. The molecule has 16 heavy (non-hydrogen) atoms. The summed E-state index contributed by atoms with van der Waals surface area (Å²) in [5, 5.41) is 5.22. The van der Waals surface area contributed by atoms with E-state index < -0.39 is 0 Å². The van der Waals surface area contributed by atoms with Gasteiger partial charge in [-0.15, -0.1) is 11.8 Å². The van der Waals surface area contributed by atoms with Gasteiger partial charge in [-0.2, -0.15) is 0 Å². The van der Waals surface area contributed by atoms with Crippen LogP contribution in [0.1, 0.15) is 20.8 Å². The molecular weight excluding hydrogens is 240 g/mol. The van der Waals surface area contributed by atoms with Crippen LogP contribution in [0.15, 0.2) is 23.4 Å². The topological polar surface area (TPSA) is 24.9 Å². The summed E-state index contributed by atoms with van der Waals surface area (Å²) in [6.45, 7) is 7.63. The van der Waals surface area contributed by atoms with Gasteiger partial charge in [0.15, 0.2) is 0 Å². The minimum absolute atomic E-state index is 0.535. The van der Waals surface area contributed by atoms with Gasteiger partial charge < -0.3 is 5.32 Å². The highest BCUT2D eigenvalue weighted by Crippen LogP contribution is 2.19. The van der Waals surface area contributed by atoms with E-state index in [9.17, 15) is 0 Å². The third kappa shape index (κ3) is 4.73. The molecule has 0 spiro atoms. The van der Waals surface area contributed by atoms with Crippen molar-refractivity contribution in [3.8, 4) is 0 Å². The Morgan fingerprint density at radius 3 is 2.69 bits per heavy atom. The molecule has 0 saturated heterocycles. The first-order chi connectivity index (χ1) is 7.63. The summed E-state index contributed by atoms with van der Waals surface area (Å²) in [5.41, 5.74) is 0. The molecule has 0 aromatic carbocycles. The van der Waals surface area contributed by atoms with Crippen molar-refractivity contribution in [3.63, 3.8) is 0 Å². The molecule has 2 nitrogen and oxygen atoms in total. The van der Waals surface area contributed by atoms with Gasteiger partial charge in [0.1, 0.15) is 0 Å². The van der Waals surface area contributed by atoms with E-state index in [1.54, 1.807) is 18.0 Å². The average molecular weight is 259 g/mol. The van der Waals surface area contributed by atoms with Crippen molar-refractivity contribution in [2.45, 2.75) is 31.8 Å². The highest BCUT2D eigenvalue weighted by molar-refractivity contribution is 7.99. The van der Waals surface area contributed by atoms with Gasteiger partial charge in [-0.05, 0) is 24.6 Å². The Morgan fingerprint density at radius 2 is 2.19 bits per heavy atom. The van der Waals surface area contributed by atoms with Crippen molar-refractivity contribution in [2.24, 2.45) is 5.92 Å². The average Bonchev–Trinajstić information content (AvgIpc) is 2.26. The highest BCUT2D eigenvalue weighted by Gasteiger charge is 2.12. The zero-order valence-corrected chi connectivity index (χ0v) is 11.6. The van der Waals surface area contributed by atoms with Gasteiger partial charge in [0, 0.05) is 18.0 Å². The van der Waals surface area contributed by atoms with Gasteiger partial charge in [0.05, 0.1) is 10.0 Å². The van der Waals surface area contributed by atoms with E-state index in [-0.39, 0.29) is 0 Å². The fraction of sp³-hybridized carbons (Fsp3) is 0.583. The summed E-state index contributed by atoms with van der Waals surface area (Å²) >= 11 is 7.56. The number of nitrogens with one attached hydrogen (secondary N) is 1. The van der Waals surface area contributed by atoms with Crippen LogP contribution in [0.5, 0.6) is 0 Å². The quantitative estimate of drug-likeness (QED) is 0.791. The van der Waals surface area contributed by atoms with Crippen LogP contribution in [-0.4, -0.2) is 23.3 Å². The Hall–Kier alpha value is -0.250. The van der Waals surface area contributed by atoms with Crippen molar-refractivity contribution in [1.29, 1.82) is 0 Å². The van der Waals surface area contributed by atoms with Gasteiger partial charge in [-0.25, -0.2) is 4.98 Å². The molecule has 0 radical (unpaired) electrons. The van der Waals surface area contributed by atoms with Crippen LogP contribution < -0.4 is 5.32 Å². The number of hydrogen-bond acceptors (Lipinski definition) is 3. The van der Waals surface area contributed by atoms with E-state index >= 15 is 0 Å². The minimum atomic E-state index is 0.535. The lowest BCUT2D eigenvalue weighted by Gasteiger charge is -2.20. The summed E-state index contributed by atoms with van der Waals surface area (Å²) in [7, 11) is 0. The monoisotopic (exact) mass is 258 g/mol. The Balaban J connectivity index is 2.45. The second-order valence-corrected chi connectivity index (χ2v) is 5.51. The molecule has 1 heterocycles. The molecule has 4 heteroatoms. The standard InChI is InChI=1S/C12H19ClN2S/c1-4-14-11(9(2)3)8-16-12-6-5-10(13)7-15-12/h5-7,9,11,14H,4,8H2,1-3H3. The normalized spacial score (nSPS) is 13.1. The molecule has 0 fully saturated rings. The molecule has 0 aliphatic heterocycles. The van der Waals surface area contributed by atoms with Crippen molar-refractivity contribution < 1.29 is 0 Å². The van der Waals surface area contributed by atoms with E-state index in [2.05, 4.69) is 31.1 Å². The molecule has 90 valence electrons. The first-order valence-corrected chi connectivity index (χ1v) is 6.97. The van der Waals surface area contributed by atoms with Gasteiger partial charge >= 0.3 is 0 Å². The number of hydrogen-bond donors (Lipinski definition) is 1. The molecule has 1 aromatic heterocycles. The summed E-state index contributed by atoms with van der Waals surface area (Å²) in [5.74, 6) is 1.68. The molecule has 0 saturated carbocycles. The van der Waals surface area contributed by atoms with Gasteiger partial charge in [0.2, 0.25) is 0 Å². The summed E-state index contributed by atoms with van der Waals surface area (Å²) < 4.78 is 0. The molecule has 1 N–H and O–H groups in total. The van der Waals surface area contributed by atoms with Crippen LogP contribution >= 0.6 is 23.4 Å². The van der Waals surface area contributed by atoms with E-state index in [0.717, 1.165) is 17.3 Å². The van der Waals surface area contributed by atoms with E-state index in [4.69, 9.17) is 11.6 Å². The predicted octanol–water partition coefficient (Wildman–Crippen LogP) is 3.46. The van der Waals surface area contributed by atoms with Crippen LogP contribution in [-0.2, 0) is 0 Å². The number of nitrogens with zero attached hydrogens (tertiary/aromatic N) is 1. The molecule has 1 unspecified atom stereocenters. The second kappa shape index (κ2) is 7.15. The Bertz CT molecular complexity index is 300. The lowest BCUT2D eigenvalue weighted by molar-refractivity contribution is 0.443. The van der Waals surface area contributed by atoms with E-state index in [1.165, 1.54) is 0 Å². The van der Waals surface area contributed by atoms with Crippen LogP contribution in [0.2, 0.25) is 5.02 Å². The van der Waals surface area contributed by atoms with Gasteiger partial charge in [0.25, 0.3) is 0 Å². The Morgan fingerprint density at radius 1 is 1.44 bits per heavy atom. The zero-order valence-electron chi connectivity index (χ0n) is 10.0. The molecule has 1 rings (SSSR count). The number of aromatic nitrogens is 1. The maximum Gasteiger partial charge on any atom is 0.0961 e. The fourth-order valence-corrected chi connectivity index (χ4v) is 2.63. The largest absolute Gasteiger partial charge is 0.313 e. The van der Waals surface area contributed by atoms with Crippen LogP contribution in [0.4, 0.5) is 0 Å². The Labute approximate surface area is 107 Å². The summed E-state index contributed by atoms with van der Waals surface area (Å²) in [6, 6.07) is 4.39. The zero-order chi connectivity index (χ0) is 12.0. The first kappa shape index (κ1) is 13.8. The number of pyridine rings is 1. The number of rotatable bonds is 6. The lowest BCUT2D eigenvalue weighted by atomic mass is 10.1. The van der Waals surface area contributed by atoms with E-state index in [0.29, 0.717) is 17.0 Å². The number of thioether (sulfide) groups is 1. The van der Waals surface area contributed by atoms with Crippen molar-refractivity contribution in [2.75, 3.05) is 12.3 Å². The summed E-state index contributed by atoms with van der Waals surface area (Å²) in [6.07, 6.45) is 1.70. The molecule has 0 aliphatic carbocycles.